The van der Waals surface area contributed by atoms with Gasteiger partial charge in [-0.3, -0.25) is 29.4 Å². The quantitative estimate of drug-likeness (QED) is 0.0462. The molecule has 6 unspecified atom stereocenters. The van der Waals surface area contributed by atoms with Crippen LogP contribution in [0.3, 0.4) is 0 Å². The molecule has 4 aromatic rings. The Morgan fingerprint density at radius 1 is 0.958 bits per heavy atom. The van der Waals surface area contributed by atoms with E-state index in [1.807, 2.05) is 0 Å². The molecule has 48 heavy (non-hydrogen) atoms. The maximum atomic E-state index is 13.5. The first-order valence-electron chi connectivity index (χ1n) is 14.9. The molecule has 14 heteroatoms. The summed E-state index contributed by atoms with van der Waals surface area (Å²) < 4.78 is 5.39. The molecule has 2 saturated carbocycles. The maximum absolute atomic E-state index is 13.5. The molecule has 0 N–H and O–H groups in total. The number of fused-ring (bicyclic) bond motifs is 6. The van der Waals surface area contributed by atoms with E-state index in [9.17, 15) is 29.3 Å². The summed E-state index contributed by atoms with van der Waals surface area (Å²) in [4.78, 5) is 70.2. The molecule has 3 fully saturated rings. The molecule has 6 atom stereocenters. The number of aromatic nitrogens is 1. The lowest BCUT2D eigenvalue weighted by atomic mass is 9.81. The second kappa shape index (κ2) is 12.3. The molecule has 2 amide bonds. The van der Waals surface area contributed by atoms with Crippen LogP contribution in [0.5, 0.6) is 0 Å². The largest absolute Gasteiger partial charge is 0.454 e. The summed E-state index contributed by atoms with van der Waals surface area (Å²) in [6.45, 7) is 1.09. The normalized spacial score (nSPS) is 24.3. The highest BCUT2D eigenvalue weighted by Crippen LogP contribution is 2.60. The van der Waals surface area contributed by atoms with E-state index in [4.69, 9.17) is 32.9 Å². The van der Waals surface area contributed by atoms with E-state index in [2.05, 4.69) is 31.9 Å². The maximum Gasteiger partial charge on any atom is 0.339 e. The van der Waals surface area contributed by atoms with E-state index in [0.29, 0.717) is 38.4 Å². The van der Waals surface area contributed by atoms with Crippen LogP contribution in [0.2, 0.25) is 10.0 Å². The number of carbonyl (C=O) groups excluding carboxylic acids is 4. The number of nitrogens with zero attached hydrogens (tertiary/aromatic N) is 3. The number of ether oxygens (including phenoxy) is 1. The van der Waals surface area contributed by atoms with Crippen molar-refractivity contribution in [2.24, 2.45) is 23.7 Å². The van der Waals surface area contributed by atoms with Gasteiger partial charge in [0.1, 0.15) is 5.02 Å². The van der Waals surface area contributed by atoms with Gasteiger partial charge in [-0.25, -0.2) is 9.78 Å². The lowest BCUT2D eigenvalue weighted by Gasteiger charge is -2.28. The van der Waals surface area contributed by atoms with Crippen LogP contribution in [0.4, 0.5) is 11.4 Å². The van der Waals surface area contributed by atoms with E-state index in [-0.39, 0.29) is 61.3 Å². The molecule has 2 bridgehead atoms. The number of pyridine rings is 1. The topological polar surface area (TPSA) is 137 Å². The molecule has 1 aliphatic heterocycles. The third-order valence-electron chi connectivity index (χ3n) is 9.60. The second-order valence-corrected chi connectivity index (χ2v) is 15.0. The van der Waals surface area contributed by atoms with Crippen molar-refractivity contribution < 1.29 is 28.8 Å². The average Bonchev–Trinajstić information content (AvgIpc) is 3.69. The number of halogens is 4. The Morgan fingerprint density at radius 3 is 2.21 bits per heavy atom. The predicted octanol–water partition coefficient (Wildman–Crippen LogP) is 7.75. The number of esters is 1. The standard InChI is InChI=1S/C34H23Br2Cl2N3O7/c1-14-22(37)9-7-18-19(34(45)48-13-26(42)16-4-8-23(38)25(10-16)41(46)47)12-24(39-31(14)18)15-2-5-17(6-3-15)40-32(43)27-20-11-21(28(27)33(40)44)30(36)29(20)35/h2-10,12,20-21,27-30H,11,13H2,1H3. The SMILES string of the molecule is Cc1c(Cl)ccc2c(C(=O)OCC(=O)c3ccc(Cl)c([N+](=O)[O-])c3)cc(-c3ccc(N4C(=O)C5C6CC(C(Br)C6Br)C5C4=O)cc3)nc12. The zero-order chi connectivity index (χ0) is 34.2. The first-order chi connectivity index (χ1) is 22.9. The van der Waals surface area contributed by atoms with Gasteiger partial charge in [-0.2, -0.15) is 0 Å². The van der Waals surface area contributed by atoms with Crippen molar-refractivity contribution in [3.8, 4) is 11.3 Å². The zero-order valence-corrected chi connectivity index (χ0v) is 29.5. The lowest BCUT2D eigenvalue weighted by molar-refractivity contribution is -0.384. The molecule has 3 aromatic carbocycles. The minimum atomic E-state index is -0.816. The van der Waals surface area contributed by atoms with Gasteiger partial charge < -0.3 is 4.74 Å². The van der Waals surface area contributed by atoms with Crippen LogP contribution in [0.1, 0.15) is 32.7 Å². The van der Waals surface area contributed by atoms with Gasteiger partial charge in [0.05, 0.1) is 39.2 Å². The molecular formula is C34H23Br2Cl2N3O7. The Balaban J connectivity index is 1.17. The number of aryl methyl sites for hydroxylation is 1. The lowest BCUT2D eigenvalue weighted by Crippen LogP contribution is -2.37. The summed E-state index contributed by atoms with van der Waals surface area (Å²) in [5.74, 6) is -2.33. The van der Waals surface area contributed by atoms with Crippen LogP contribution < -0.4 is 4.90 Å². The number of benzene rings is 3. The predicted molar refractivity (Wildman–Crippen MR) is 186 cm³/mol. The minimum Gasteiger partial charge on any atom is -0.454 e. The fourth-order valence-electron chi connectivity index (χ4n) is 7.22. The number of rotatable bonds is 7. The van der Waals surface area contributed by atoms with Crippen LogP contribution in [0.25, 0.3) is 22.2 Å². The summed E-state index contributed by atoms with van der Waals surface area (Å²) in [5.41, 5.74) is 2.16. The number of anilines is 1. The molecule has 7 rings (SSSR count). The van der Waals surface area contributed by atoms with Gasteiger partial charge in [-0.1, -0.05) is 73.3 Å². The van der Waals surface area contributed by atoms with Crippen molar-refractivity contribution in [2.45, 2.75) is 23.0 Å². The Labute approximate surface area is 300 Å². The average molecular weight is 816 g/mol. The van der Waals surface area contributed by atoms with Crippen LogP contribution >= 0.6 is 55.1 Å². The van der Waals surface area contributed by atoms with Crippen LogP contribution in [0.15, 0.2) is 60.7 Å². The van der Waals surface area contributed by atoms with Gasteiger partial charge >= 0.3 is 5.97 Å². The van der Waals surface area contributed by atoms with Crippen molar-refractivity contribution in [2.75, 3.05) is 11.5 Å². The molecule has 2 aliphatic carbocycles. The fraction of sp³-hybridized carbons (Fsp3) is 0.265. The Kier molecular flexibility index (Phi) is 8.42. The molecular weight excluding hydrogens is 793 g/mol. The van der Waals surface area contributed by atoms with E-state index < -0.39 is 29.0 Å². The second-order valence-electron chi connectivity index (χ2n) is 12.1. The van der Waals surface area contributed by atoms with Gasteiger partial charge in [0, 0.05) is 37.3 Å². The fourth-order valence-corrected chi connectivity index (χ4v) is 9.44. The molecule has 2 heterocycles. The highest BCUT2D eigenvalue weighted by atomic mass is 79.9. The van der Waals surface area contributed by atoms with E-state index in [1.54, 1.807) is 43.3 Å². The minimum absolute atomic E-state index is 0.0350. The van der Waals surface area contributed by atoms with Crippen LogP contribution in [0, 0.1) is 40.7 Å². The highest BCUT2D eigenvalue weighted by Gasteiger charge is 2.66. The number of amides is 2. The molecule has 3 aliphatic rings. The number of Topliss-reactive ketones (excluding diaryl/α,β-unsaturated/α-hetero) is 1. The van der Waals surface area contributed by atoms with E-state index in [0.717, 1.165) is 12.5 Å². The number of nitro groups is 1. The third-order valence-corrected chi connectivity index (χ3v) is 13.5. The number of nitro benzene ring substituents is 1. The zero-order valence-electron chi connectivity index (χ0n) is 24.9. The van der Waals surface area contributed by atoms with E-state index in [1.165, 1.54) is 23.1 Å². The highest BCUT2D eigenvalue weighted by molar-refractivity contribution is 9.12. The molecule has 1 aromatic heterocycles. The Bertz CT molecular complexity index is 2060. The van der Waals surface area contributed by atoms with Crippen molar-refractivity contribution in [1.82, 2.24) is 4.98 Å². The number of imide groups is 1. The number of ketones is 1. The van der Waals surface area contributed by atoms with Gasteiger partial charge in [-0.05, 0) is 67.1 Å². The summed E-state index contributed by atoms with van der Waals surface area (Å²) in [6.07, 6.45) is 0.838. The van der Waals surface area contributed by atoms with Crippen molar-refractivity contribution in [3.63, 3.8) is 0 Å². The van der Waals surface area contributed by atoms with Crippen molar-refractivity contribution in [3.05, 3.63) is 97.5 Å². The number of carbonyl (C=O) groups is 4. The molecule has 0 spiro atoms. The third kappa shape index (κ3) is 5.24. The first-order valence-corrected chi connectivity index (χ1v) is 17.5. The van der Waals surface area contributed by atoms with E-state index >= 15 is 0 Å². The van der Waals surface area contributed by atoms with Crippen molar-refractivity contribution >= 4 is 101 Å². The molecule has 10 nitrogen and oxygen atoms in total. The van der Waals surface area contributed by atoms with Gasteiger partial charge in [0.2, 0.25) is 17.6 Å². The van der Waals surface area contributed by atoms with Gasteiger partial charge in [-0.15, -0.1) is 0 Å². The number of hydrogen-bond acceptors (Lipinski definition) is 8. The number of hydrogen-bond donors (Lipinski definition) is 0. The molecule has 0 radical (unpaired) electrons. The Morgan fingerprint density at radius 2 is 1.58 bits per heavy atom. The monoisotopic (exact) mass is 813 g/mol. The summed E-state index contributed by atoms with van der Waals surface area (Å²) in [7, 11) is 0. The van der Waals surface area contributed by atoms with Gasteiger partial charge in [0.25, 0.3) is 5.69 Å². The van der Waals surface area contributed by atoms with Crippen LogP contribution in [-0.2, 0) is 14.3 Å². The first kappa shape index (κ1) is 32.8. The number of alkyl halides is 2. The smallest absolute Gasteiger partial charge is 0.339 e. The van der Waals surface area contributed by atoms with Crippen molar-refractivity contribution in [1.29, 1.82) is 0 Å². The summed E-state index contributed by atoms with van der Waals surface area (Å²) in [6, 6.07) is 15.2. The Hall–Kier alpha value is -3.71. The molecule has 244 valence electrons. The summed E-state index contributed by atoms with van der Waals surface area (Å²) in [5, 5.41) is 12.0. The van der Waals surface area contributed by atoms with Gasteiger partial charge in [0.15, 0.2) is 6.61 Å². The summed E-state index contributed by atoms with van der Waals surface area (Å²) >= 11 is 19.7. The van der Waals surface area contributed by atoms with Crippen LogP contribution in [-0.4, -0.2) is 49.7 Å². The molecule has 1 saturated heterocycles.